The number of hydrogen-bond donors (Lipinski definition) is 1. The number of hydrogen-bond acceptors (Lipinski definition) is 3. The summed E-state index contributed by atoms with van der Waals surface area (Å²) in [5, 5.41) is 10.2. The van der Waals surface area contributed by atoms with Crippen molar-refractivity contribution in [3.8, 4) is 5.75 Å². The van der Waals surface area contributed by atoms with Crippen LogP contribution in [0.15, 0.2) is 12.1 Å². The van der Waals surface area contributed by atoms with Gasteiger partial charge in [-0.1, -0.05) is 44.6 Å². The number of carbonyl (C=O) groups excluding carboxylic acids is 1. The fraction of sp³-hybridized carbons (Fsp3) is 0.650. The highest BCUT2D eigenvalue weighted by atomic mass is 16.6. The molecule has 4 rings (SSSR count). The zero-order valence-electron chi connectivity index (χ0n) is 13.7. The molecule has 1 heterocycles. The van der Waals surface area contributed by atoms with Crippen molar-refractivity contribution in [3.05, 3.63) is 28.8 Å². The Kier molecular flexibility index (Phi) is 4.14. The summed E-state index contributed by atoms with van der Waals surface area (Å²) in [5.41, 5.74) is 3.23. The van der Waals surface area contributed by atoms with Crippen LogP contribution < -0.4 is 4.74 Å². The van der Waals surface area contributed by atoms with Crippen molar-refractivity contribution in [2.24, 2.45) is 0 Å². The van der Waals surface area contributed by atoms with Gasteiger partial charge >= 0.3 is 5.97 Å². The predicted octanol–water partition coefficient (Wildman–Crippen LogP) is 4.73. The summed E-state index contributed by atoms with van der Waals surface area (Å²) in [6, 6.07) is 4.35. The molecule has 0 saturated heterocycles. The highest BCUT2D eigenvalue weighted by Gasteiger charge is 2.36. The molecule has 1 aromatic carbocycles. The van der Waals surface area contributed by atoms with E-state index in [1.165, 1.54) is 75.3 Å². The van der Waals surface area contributed by atoms with Gasteiger partial charge in [-0.25, -0.2) is 4.79 Å². The van der Waals surface area contributed by atoms with Crippen molar-refractivity contribution in [1.82, 2.24) is 0 Å². The smallest absolute Gasteiger partial charge is 0.345 e. The van der Waals surface area contributed by atoms with Crippen LogP contribution in [0.4, 0.5) is 0 Å². The zero-order chi connectivity index (χ0) is 15.8. The minimum Gasteiger partial charge on any atom is -0.424 e. The van der Waals surface area contributed by atoms with Gasteiger partial charge in [0, 0.05) is 5.56 Å². The molecule has 3 aliphatic rings. The first-order valence-corrected chi connectivity index (χ1v) is 9.31. The molecule has 0 radical (unpaired) electrons. The molecule has 0 aromatic heterocycles. The first-order valence-electron chi connectivity index (χ1n) is 9.31. The molecule has 1 N–H and O–H groups in total. The molecule has 0 amide bonds. The van der Waals surface area contributed by atoms with E-state index in [-0.39, 0.29) is 0 Å². The van der Waals surface area contributed by atoms with Crippen molar-refractivity contribution >= 4 is 5.97 Å². The van der Waals surface area contributed by atoms with E-state index in [9.17, 15) is 9.90 Å². The molecule has 1 aliphatic heterocycles. The number of fused-ring (bicyclic) bond motifs is 1. The van der Waals surface area contributed by atoms with Crippen LogP contribution in [-0.4, -0.2) is 11.1 Å². The van der Waals surface area contributed by atoms with Gasteiger partial charge in [0.2, 0.25) is 0 Å². The molecule has 1 unspecified atom stereocenters. The third-order valence-corrected chi connectivity index (χ3v) is 6.01. The second kappa shape index (κ2) is 6.27. The number of ether oxygens (including phenoxy) is 1. The highest BCUT2D eigenvalue weighted by Crippen LogP contribution is 2.46. The molecule has 2 saturated carbocycles. The maximum absolute atomic E-state index is 11.9. The molecule has 124 valence electrons. The molecular weight excluding hydrogens is 288 g/mol. The number of aliphatic hydroxyl groups is 1. The SMILES string of the molecule is O=C1Oc2c(C3CCCCC3)cc(C3CCCCC3)cc2C1O. The molecule has 2 fully saturated rings. The summed E-state index contributed by atoms with van der Waals surface area (Å²) in [7, 11) is 0. The second-order valence-electron chi connectivity index (χ2n) is 7.52. The third-order valence-electron chi connectivity index (χ3n) is 6.01. The number of carbonyl (C=O) groups is 1. The number of benzene rings is 1. The molecular formula is C20H26O3. The lowest BCUT2D eigenvalue weighted by Crippen LogP contribution is -2.10. The van der Waals surface area contributed by atoms with Gasteiger partial charge in [0.15, 0.2) is 6.10 Å². The molecule has 3 heteroatoms. The van der Waals surface area contributed by atoms with E-state index in [4.69, 9.17) is 4.74 Å². The van der Waals surface area contributed by atoms with E-state index in [0.717, 1.165) is 5.56 Å². The Morgan fingerprint density at radius 1 is 0.826 bits per heavy atom. The number of aliphatic hydroxyl groups excluding tert-OH is 1. The van der Waals surface area contributed by atoms with Crippen LogP contribution in [0.25, 0.3) is 0 Å². The van der Waals surface area contributed by atoms with Gasteiger partial charge in [-0.2, -0.15) is 0 Å². The second-order valence-corrected chi connectivity index (χ2v) is 7.52. The summed E-state index contributed by atoms with van der Waals surface area (Å²) < 4.78 is 5.46. The molecule has 2 aliphatic carbocycles. The number of esters is 1. The molecule has 1 atom stereocenters. The van der Waals surface area contributed by atoms with E-state index in [0.29, 0.717) is 17.6 Å². The Morgan fingerprint density at radius 2 is 1.39 bits per heavy atom. The van der Waals surface area contributed by atoms with Crippen molar-refractivity contribution in [3.63, 3.8) is 0 Å². The quantitative estimate of drug-likeness (QED) is 0.634. The summed E-state index contributed by atoms with van der Waals surface area (Å²) in [4.78, 5) is 11.9. The summed E-state index contributed by atoms with van der Waals surface area (Å²) in [5.74, 6) is 1.24. The van der Waals surface area contributed by atoms with E-state index in [2.05, 4.69) is 6.07 Å². The lowest BCUT2D eigenvalue weighted by Gasteiger charge is -2.27. The van der Waals surface area contributed by atoms with Crippen LogP contribution in [-0.2, 0) is 4.79 Å². The van der Waals surface area contributed by atoms with Gasteiger partial charge in [-0.15, -0.1) is 0 Å². The van der Waals surface area contributed by atoms with Crippen LogP contribution in [0.5, 0.6) is 5.75 Å². The maximum Gasteiger partial charge on any atom is 0.345 e. The molecule has 23 heavy (non-hydrogen) atoms. The Morgan fingerprint density at radius 3 is 2.04 bits per heavy atom. The van der Waals surface area contributed by atoms with E-state index in [1.54, 1.807) is 0 Å². The standard InChI is InChI=1S/C20H26O3/c21-18-17-12-15(13-7-3-1-4-8-13)11-16(19(17)23-20(18)22)14-9-5-2-6-10-14/h11-14,18,21H,1-10H2. The van der Waals surface area contributed by atoms with E-state index < -0.39 is 12.1 Å². The topological polar surface area (TPSA) is 46.5 Å². The fourth-order valence-corrected chi connectivity index (χ4v) is 4.69. The predicted molar refractivity (Wildman–Crippen MR) is 88.7 cm³/mol. The monoisotopic (exact) mass is 314 g/mol. The molecule has 0 spiro atoms. The van der Waals surface area contributed by atoms with Crippen LogP contribution in [0.3, 0.4) is 0 Å². The average molecular weight is 314 g/mol. The van der Waals surface area contributed by atoms with Crippen molar-refractivity contribution in [1.29, 1.82) is 0 Å². The Bertz CT molecular complexity index is 595. The molecule has 3 nitrogen and oxygen atoms in total. The number of rotatable bonds is 2. The van der Waals surface area contributed by atoms with Crippen LogP contribution >= 0.6 is 0 Å². The first kappa shape index (κ1) is 15.2. The van der Waals surface area contributed by atoms with Gasteiger partial charge in [-0.3, -0.25) is 0 Å². The molecule has 1 aromatic rings. The fourth-order valence-electron chi connectivity index (χ4n) is 4.69. The Labute approximate surface area is 138 Å². The molecule has 0 bridgehead atoms. The lowest BCUT2D eigenvalue weighted by atomic mass is 9.78. The van der Waals surface area contributed by atoms with Gasteiger partial charge in [0.25, 0.3) is 0 Å². The summed E-state index contributed by atoms with van der Waals surface area (Å²) in [6.07, 6.45) is 11.5. The lowest BCUT2D eigenvalue weighted by molar-refractivity contribution is -0.140. The van der Waals surface area contributed by atoms with Crippen molar-refractivity contribution in [2.75, 3.05) is 0 Å². The van der Waals surface area contributed by atoms with E-state index >= 15 is 0 Å². The van der Waals surface area contributed by atoms with Gasteiger partial charge in [0.05, 0.1) is 0 Å². The van der Waals surface area contributed by atoms with Gasteiger partial charge in [0.1, 0.15) is 5.75 Å². The Balaban J connectivity index is 1.75. The minimum atomic E-state index is -1.09. The van der Waals surface area contributed by atoms with Crippen LogP contribution in [0.2, 0.25) is 0 Å². The van der Waals surface area contributed by atoms with E-state index in [1.807, 2.05) is 6.07 Å². The summed E-state index contributed by atoms with van der Waals surface area (Å²) >= 11 is 0. The van der Waals surface area contributed by atoms with Crippen LogP contribution in [0, 0.1) is 0 Å². The Hall–Kier alpha value is -1.35. The third kappa shape index (κ3) is 2.80. The minimum absolute atomic E-state index is 0.485. The normalized spacial score (nSPS) is 26.1. The van der Waals surface area contributed by atoms with Gasteiger partial charge < -0.3 is 9.84 Å². The first-order chi connectivity index (χ1) is 11.2. The summed E-state index contributed by atoms with van der Waals surface area (Å²) in [6.45, 7) is 0. The average Bonchev–Trinajstić information content (AvgIpc) is 2.90. The highest BCUT2D eigenvalue weighted by molar-refractivity contribution is 5.85. The van der Waals surface area contributed by atoms with Crippen LogP contribution in [0.1, 0.15) is 98.8 Å². The zero-order valence-corrected chi connectivity index (χ0v) is 13.7. The maximum atomic E-state index is 11.9. The van der Waals surface area contributed by atoms with Crippen molar-refractivity contribution in [2.45, 2.75) is 82.1 Å². The largest absolute Gasteiger partial charge is 0.424 e. The van der Waals surface area contributed by atoms with Crippen molar-refractivity contribution < 1.29 is 14.6 Å². The van der Waals surface area contributed by atoms with Gasteiger partial charge in [-0.05, 0) is 54.7 Å².